The molecule has 1 saturated carbocycles. The van der Waals surface area contributed by atoms with E-state index in [0.29, 0.717) is 0 Å². The fourth-order valence-electron chi connectivity index (χ4n) is 2.92. The zero-order valence-electron chi connectivity index (χ0n) is 9.93. The Bertz CT molecular complexity index is 473. The highest BCUT2D eigenvalue weighted by Gasteiger charge is 2.26. The molecule has 2 nitrogen and oxygen atoms in total. The van der Waals surface area contributed by atoms with Gasteiger partial charge in [-0.3, -0.25) is 0 Å². The van der Waals surface area contributed by atoms with Gasteiger partial charge in [-0.05, 0) is 43.4 Å². The van der Waals surface area contributed by atoms with Crippen LogP contribution in [0.5, 0.6) is 0 Å². The van der Waals surface area contributed by atoms with Gasteiger partial charge in [0.25, 0.3) is 0 Å². The molecular formula is C14H18N2S. The van der Waals surface area contributed by atoms with Crippen LogP contribution in [0.3, 0.4) is 0 Å². The molecule has 2 unspecified atom stereocenters. The largest absolute Gasteiger partial charge is 0.330 e. The van der Waals surface area contributed by atoms with Gasteiger partial charge in [-0.1, -0.05) is 18.6 Å². The zero-order chi connectivity index (χ0) is 11.7. The van der Waals surface area contributed by atoms with E-state index in [9.17, 15) is 0 Å². The van der Waals surface area contributed by atoms with Gasteiger partial charge >= 0.3 is 0 Å². The minimum Gasteiger partial charge on any atom is -0.330 e. The summed E-state index contributed by atoms with van der Waals surface area (Å²) in [4.78, 5) is 4.72. The minimum absolute atomic E-state index is 0.724. The lowest BCUT2D eigenvalue weighted by Crippen LogP contribution is -2.19. The first-order chi connectivity index (χ1) is 8.36. The third-order valence-corrected chi connectivity index (χ3v) is 4.95. The molecule has 1 aromatic carbocycles. The van der Waals surface area contributed by atoms with Crippen molar-refractivity contribution in [2.24, 2.45) is 17.6 Å². The van der Waals surface area contributed by atoms with Gasteiger partial charge in [0, 0.05) is 6.42 Å². The highest BCUT2D eigenvalue weighted by molar-refractivity contribution is 7.18. The molecule has 90 valence electrons. The highest BCUT2D eigenvalue weighted by atomic mass is 32.1. The van der Waals surface area contributed by atoms with Crippen LogP contribution in [0.25, 0.3) is 10.2 Å². The maximum atomic E-state index is 5.84. The monoisotopic (exact) mass is 246 g/mol. The lowest BCUT2D eigenvalue weighted by molar-refractivity contribution is 0.394. The highest BCUT2D eigenvalue weighted by Crippen LogP contribution is 2.35. The molecule has 0 amide bonds. The van der Waals surface area contributed by atoms with Gasteiger partial charge in [0.15, 0.2) is 0 Å². The van der Waals surface area contributed by atoms with Gasteiger partial charge in [-0.2, -0.15) is 0 Å². The van der Waals surface area contributed by atoms with Crippen molar-refractivity contribution in [3.63, 3.8) is 0 Å². The van der Waals surface area contributed by atoms with E-state index in [1.54, 1.807) is 0 Å². The second kappa shape index (κ2) is 4.75. The quantitative estimate of drug-likeness (QED) is 0.903. The van der Waals surface area contributed by atoms with Gasteiger partial charge in [0.05, 0.1) is 15.2 Å². The number of nitrogens with zero attached hydrogens (tertiary/aromatic N) is 1. The van der Waals surface area contributed by atoms with E-state index < -0.39 is 0 Å². The molecule has 2 atom stereocenters. The van der Waals surface area contributed by atoms with E-state index in [2.05, 4.69) is 24.3 Å². The molecule has 0 saturated heterocycles. The van der Waals surface area contributed by atoms with Crippen molar-refractivity contribution >= 4 is 21.6 Å². The Morgan fingerprint density at radius 3 is 2.88 bits per heavy atom. The first kappa shape index (κ1) is 11.2. The molecule has 1 fully saturated rings. The van der Waals surface area contributed by atoms with Crippen LogP contribution in [0.15, 0.2) is 24.3 Å². The third kappa shape index (κ3) is 2.22. The van der Waals surface area contributed by atoms with Crippen molar-refractivity contribution in [1.29, 1.82) is 0 Å². The summed E-state index contributed by atoms with van der Waals surface area (Å²) in [5.41, 5.74) is 6.98. The van der Waals surface area contributed by atoms with Crippen LogP contribution in [0.2, 0.25) is 0 Å². The molecule has 1 aliphatic rings. The molecule has 0 aliphatic heterocycles. The topological polar surface area (TPSA) is 38.9 Å². The third-order valence-electron chi connectivity index (χ3n) is 3.89. The summed E-state index contributed by atoms with van der Waals surface area (Å²) in [5.74, 6) is 1.49. The Kier molecular flexibility index (Phi) is 3.12. The summed E-state index contributed by atoms with van der Waals surface area (Å²) < 4.78 is 1.31. The summed E-state index contributed by atoms with van der Waals surface area (Å²) in [6.07, 6.45) is 5.11. The smallest absolute Gasteiger partial charge is 0.0941 e. The van der Waals surface area contributed by atoms with Gasteiger partial charge in [-0.25, -0.2) is 4.98 Å². The fourth-order valence-corrected chi connectivity index (χ4v) is 3.98. The van der Waals surface area contributed by atoms with Crippen LogP contribution in [0.4, 0.5) is 0 Å². The van der Waals surface area contributed by atoms with E-state index in [0.717, 1.165) is 30.3 Å². The van der Waals surface area contributed by atoms with Gasteiger partial charge in [0.1, 0.15) is 0 Å². The van der Waals surface area contributed by atoms with E-state index in [1.165, 1.54) is 29.0 Å². The van der Waals surface area contributed by atoms with Crippen molar-refractivity contribution in [2.75, 3.05) is 6.54 Å². The molecule has 1 aliphatic carbocycles. The Labute approximate surface area is 106 Å². The molecular weight excluding hydrogens is 228 g/mol. The van der Waals surface area contributed by atoms with Crippen molar-refractivity contribution in [3.8, 4) is 0 Å². The van der Waals surface area contributed by atoms with E-state index >= 15 is 0 Å². The van der Waals surface area contributed by atoms with Gasteiger partial charge in [0.2, 0.25) is 0 Å². The molecule has 2 N–H and O–H groups in total. The Balaban J connectivity index is 1.80. The molecule has 17 heavy (non-hydrogen) atoms. The molecule has 1 aromatic heterocycles. The molecule has 0 bridgehead atoms. The molecule has 0 spiro atoms. The fraction of sp³-hybridized carbons (Fsp3) is 0.500. The first-order valence-electron chi connectivity index (χ1n) is 6.41. The van der Waals surface area contributed by atoms with Gasteiger partial charge in [-0.15, -0.1) is 11.3 Å². The van der Waals surface area contributed by atoms with Crippen molar-refractivity contribution in [3.05, 3.63) is 29.3 Å². The molecule has 1 heterocycles. The van der Waals surface area contributed by atoms with Crippen LogP contribution in [0, 0.1) is 11.8 Å². The van der Waals surface area contributed by atoms with E-state index in [-0.39, 0.29) is 0 Å². The SMILES string of the molecule is NCC1CCCC1Cc1nc2ccccc2s1. The number of rotatable bonds is 3. The number of hydrogen-bond acceptors (Lipinski definition) is 3. The number of aromatic nitrogens is 1. The second-order valence-corrected chi connectivity index (χ2v) is 6.08. The maximum Gasteiger partial charge on any atom is 0.0941 e. The van der Waals surface area contributed by atoms with Crippen molar-refractivity contribution in [1.82, 2.24) is 4.98 Å². The number of hydrogen-bond donors (Lipinski definition) is 1. The van der Waals surface area contributed by atoms with Crippen LogP contribution < -0.4 is 5.73 Å². The summed E-state index contributed by atoms with van der Waals surface area (Å²) >= 11 is 1.84. The first-order valence-corrected chi connectivity index (χ1v) is 7.23. The van der Waals surface area contributed by atoms with Crippen LogP contribution in [0.1, 0.15) is 24.3 Å². The van der Waals surface area contributed by atoms with Gasteiger partial charge < -0.3 is 5.73 Å². The minimum atomic E-state index is 0.724. The molecule has 0 radical (unpaired) electrons. The van der Waals surface area contributed by atoms with E-state index in [4.69, 9.17) is 10.7 Å². The maximum absolute atomic E-state index is 5.84. The Morgan fingerprint density at radius 2 is 2.06 bits per heavy atom. The van der Waals surface area contributed by atoms with Crippen LogP contribution in [-0.4, -0.2) is 11.5 Å². The standard InChI is InChI=1S/C14H18N2S/c15-9-11-5-3-4-10(11)8-14-16-12-6-1-2-7-13(12)17-14/h1-2,6-7,10-11H,3-5,8-9,15H2. The second-order valence-electron chi connectivity index (χ2n) is 4.97. The Hall–Kier alpha value is -0.930. The summed E-state index contributed by atoms with van der Waals surface area (Å²) in [6.45, 7) is 0.843. The van der Waals surface area contributed by atoms with Crippen LogP contribution in [-0.2, 0) is 6.42 Å². The molecule has 3 heteroatoms. The summed E-state index contributed by atoms with van der Waals surface area (Å²) in [6, 6.07) is 8.41. The van der Waals surface area contributed by atoms with Crippen LogP contribution >= 0.6 is 11.3 Å². The summed E-state index contributed by atoms with van der Waals surface area (Å²) in [5, 5.41) is 1.29. The number of benzene rings is 1. The zero-order valence-corrected chi connectivity index (χ0v) is 10.7. The number of nitrogens with two attached hydrogens (primary N) is 1. The lowest BCUT2D eigenvalue weighted by atomic mass is 9.93. The molecule has 2 aromatic rings. The average Bonchev–Trinajstić information content (AvgIpc) is 2.94. The normalized spacial score (nSPS) is 24.5. The number of fused-ring (bicyclic) bond motifs is 1. The Morgan fingerprint density at radius 1 is 1.24 bits per heavy atom. The van der Waals surface area contributed by atoms with E-state index in [1.807, 2.05) is 11.3 Å². The number of para-hydroxylation sites is 1. The summed E-state index contributed by atoms with van der Waals surface area (Å²) in [7, 11) is 0. The predicted octanol–water partition coefficient (Wildman–Crippen LogP) is 3.21. The predicted molar refractivity (Wildman–Crippen MR) is 73.2 cm³/mol. The average molecular weight is 246 g/mol. The number of thiazole rings is 1. The van der Waals surface area contributed by atoms with Crippen molar-refractivity contribution < 1.29 is 0 Å². The lowest BCUT2D eigenvalue weighted by Gasteiger charge is -2.15. The van der Waals surface area contributed by atoms with Crippen molar-refractivity contribution in [2.45, 2.75) is 25.7 Å². The molecule has 3 rings (SSSR count).